The second-order valence-electron chi connectivity index (χ2n) is 6.95. The second-order valence-corrected chi connectivity index (χ2v) is 8.88. The second kappa shape index (κ2) is 10.3. The van der Waals surface area contributed by atoms with E-state index >= 15 is 0 Å². The number of halogens is 3. The van der Waals surface area contributed by atoms with Gasteiger partial charge in [0, 0.05) is 32.2 Å². The molecule has 29 heavy (non-hydrogen) atoms. The fourth-order valence-corrected chi connectivity index (χ4v) is 4.12. The molecule has 1 heterocycles. The van der Waals surface area contributed by atoms with Gasteiger partial charge < -0.3 is 10.6 Å². The van der Waals surface area contributed by atoms with Crippen LogP contribution < -0.4 is 10.6 Å². The first kappa shape index (κ1) is 23.5. The minimum atomic E-state index is -5.25. The van der Waals surface area contributed by atoms with E-state index in [1.807, 2.05) is 6.92 Å². The van der Waals surface area contributed by atoms with E-state index < -0.39 is 15.5 Å². The van der Waals surface area contributed by atoms with Crippen LogP contribution in [0.3, 0.4) is 0 Å². The van der Waals surface area contributed by atoms with Crippen molar-refractivity contribution >= 4 is 16.0 Å². The Morgan fingerprint density at radius 2 is 1.72 bits per heavy atom. The number of guanidine groups is 1. The zero-order chi connectivity index (χ0) is 21.5. The molecule has 0 unspecified atom stereocenters. The van der Waals surface area contributed by atoms with Gasteiger partial charge in [-0.25, -0.2) is 8.42 Å². The van der Waals surface area contributed by atoms with E-state index in [1.54, 1.807) is 0 Å². The molecule has 0 aromatic heterocycles. The molecule has 0 saturated carbocycles. The number of benzene rings is 1. The standard InChI is InChI=1S/C19H29F3N4O2S/c1-3-15-5-7-16(8-6-15)9-12-24-18(23-4-2)25-17-10-13-26(14-11-17)29(27,28)19(20,21)22/h5-8,17H,3-4,9-14H2,1-2H3,(H2,23,24,25). The van der Waals surface area contributed by atoms with Gasteiger partial charge in [-0.05, 0) is 43.7 Å². The number of sulfonamides is 1. The van der Waals surface area contributed by atoms with Gasteiger partial charge >= 0.3 is 15.5 Å². The Kier molecular flexibility index (Phi) is 8.33. The highest BCUT2D eigenvalue weighted by Crippen LogP contribution is 2.28. The topological polar surface area (TPSA) is 73.8 Å². The van der Waals surface area contributed by atoms with E-state index in [0.29, 0.717) is 23.4 Å². The van der Waals surface area contributed by atoms with E-state index in [0.717, 1.165) is 12.8 Å². The molecule has 1 fully saturated rings. The van der Waals surface area contributed by atoms with Crippen LogP contribution in [0.2, 0.25) is 0 Å². The Morgan fingerprint density at radius 1 is 1.14 bits per heavy atom. The first-order chi connectivity index (χ1) is 13.7. The molecule has 6 nitrogen and oxygen atoms in total. The van der Waals surface area contributed by atoms with Crippen molar-refractivity contribution in [2.24, 2.45) is 4.99 Å². The van der Waals surface area contributed by atoms with Crippen LogP contribution >= 0.6 is 0 Å². The van der Waals surface area contributed by atoms with Gasteiger partial charge in [0.2, 0.25) is 0 Å². The first-order valence-corrected chi connectivity index (χ1v) is 11.3. The van der Waals surface area contributed by atoms with Crippen LogP contribution in [-0.4, -0.2) is 56.4 Å². The number of alkyl halides is 3. The lowest BCUT2D eigenvalue weighted by Gasteiger charge is -2.32. The average Bonchev–Trinajstić information content (AvgIpc) is 2.68. The van der Waals surface area contributed by atoms with Crippen molar-refractivity contribution in [2.45, 2.75) is 51.1 Å². The van der Waals surface area contributed by atoms with Gasteiger partial charge in [0.1, 0.15) is 0 Å². The Balaban J connectivity index is 1.88. The fraction of sp³-hybridized carbons (Fsp3) is 0.632. The van der Waals surface area contributed by atoms with Crippen molar-refractivity contribution in [3.05, 3.63) is 35.4 Å². The number of piperidine rings is 1. The third-order valence-electron chi connectivity index (χ3n) is 4.87. The molecular weight excluding hydrogens is 405 g/mol. The van der Waals surface area contributed by atoms with E-state index in [9.17, 15) is 21.6 Å². The SMILES string of the molecule is CCNC(=NCCc1ccc(CC)cc1)NC1CCN(S(=O)(=O)C(F)(F)F)CC1. The molecule has 10 heteroatoms. The molecule has 1 aliphatic rings. The lowest BCUT2D eigenvalue weighted by molar-refractivity contribution is -0.0494. The van der Waals surface area contributed by atoms with E-state index in [-0.39, 0.29) is 32.0 Å². The molecule has 0 spiro atoms. The maximum absolute atomic E-state index is 12.7. The zero-order valence-electron chi connectivity index (χ0n) is 16.8. The number of aliphatic imine (C=N–C) groups is 1. The van der Waals surface area contributed by atoms with Gasteiger partial charge in [0.15, 0.2) is 5.96 Å². The lowest BCUT2D eigenvalue weighted by Crippen LogP contribution is -2.51. The Morgan fingerprint density at radius 3 is 2.24 bits per heavy atom. The van der Waals surface area contributed by atoms with Crippen molar-refractivity contribution in [3.8, 4) is 0 Å². The fourth-order valence-electron chi connectivity index (χ4n) is 3.14. The van der Waals surface area contributed by atoms with Crippen LogP contribution in [0.5, 0.6) is 0 Å². The highest BCUT2D eigenvalue weighted by atomic mass is 32.2. The predicted octanol–water partition coefficient (Wildman–Crippen LogP) is 2.66. The summed E-state index contributed by atoms with van der Waals surface area (Å²) in [7, 11) is -5.25. The molecule has 1 aliphatic heterocycles. The van der Waals surface area contributed by atoms with Gasteiger partial charge in [-0.15, -0.1) is 0 Å². The Labute approximate surface area is 170 Å². The minimum Gasteiger partial charge on any atom is -0.357 e. The van der Waals surface area contributed by atoms with Gasteiger partial charge in [0.05, 0.1) is 0 Å². The molecule has 0 bridgehead atoms. The lowest BCUT2D eigenvalue weighted by atomic mass is 10.1. The molecular formula is C19H29F3N4O2S. The molecule has 0 amide bonds. The summed E-state index contributed by atoms with van der Waals surface area (Å²) < 4.78 is 61.5. The normalized spacial score (nSPS) is 17.3. The number of aryl methyl sites for hydroxylation is 1. The van der Waals surface area contributed by atoms with Gasteiger partial charge in [-0.1, -0.05) is 31.2 Å². The van der Waals surface area contributed by atoms with Crippen LogP contribution in [0.4, 0.5) is 13.2 Å². The number of nitrogens with zero attached hydrogens (tertiary/aromatic N) is 2. The summed E-state index contributed by atoms with van der Waals surface area (Å²) in [5.41, 5.74) is -2.78. The highest BCUT2D eigenvalue weighted by molar-refractivity contribution is 7.90. The number of hydrogen-bond acceptors (Lipinski definition) is 3. The summed E-state index contributed by atoms with van der Waals surface area (Å²) in [6.07, 6.45) is 2.36. The Hall–Kier alpha value is -1.81. The molecule has 2 rings (SSSR count). The van der Waals surface area contributed by atoms with Crippen LogP contribution in [-0.2, 0) is 22.9 Å². The number of hydrogen-bond donors (Lipinski definition) is 2. The largest absolute Gasteiger partial charge is 0.511 e. The summed E-state index contributed by atoms with van der Waals surface area (Å²) in [6, 6.07) is 8.25. The van der Waals surface area contributed by atoms with E-state index in [4.69, 9.17) is 0 Å². The first-order valence-electron chi connectivity index (χ1n) is 9.86. The molecule has 0 aliphatic carbocycles. The van der Waals surface area contributed by atoms with Crippen LogP contribution in [0.25, 0.3) is 0 Å². The number of nitrogens with one attached hydrogen (secondary N) is 2. The van der Waals surface area contributed by atoms with Crippen molar-refractivity contribution in [1.82, 2.24) is 14.9 Å². The third kappa shape index (κ3) is 6.60. The molecule has 1 aromatic rings. The van der Waals surface area contributed by atoms with Gasteiger partial charge in [-0.2, -0.15) is 17.5 Å². The summed E-state index contributed by atoms with van der Waals surface area (Å²) in [6.45, 7) is 4.93. The van der Waals surface area contributed by atoms with Crippen molar-refractivity contribution in [3.63, 3.8) is 0 Å². The summed E-state index contributed by atoms with van der Waals surface area (Å²) >= 11 is 0. The zero-order valence-corrected chi connectivity index (χ0v) is 17.6. The van der Waals surface area contributed by atoms with Crippen LogP contribution in [0.1, 0.15) is 37.8 Å². The van der Waals surface area contributed by atoms with Crippen LogP contribution in [0, 0.1) is 0 Å². The monoisotopic (exact) mass is 434 g/mol. The molecule has 0 atom stereocenters. The molecule has 2 N–H and O–H groups in total. The number of rotatable bonds is 7. The Bertz CT molecular complexity index is 772. The summed E-state index contributed by atoms with van der Waals surface area (Å²) in [5.74, 6) is 0.592. The summed E-state index contributed by atoms with van der Waals surface area (Å²) in [5, 5.41) is 6.34. The molecule has 1 aromatic carbocycles. The average molecular weight is 435 g/mol. The predicted molar refractivity (Wildman–Crippen MR) is 108 cm³/mol. The van der Waals surface area contributed by atoms with Crippen molar-refractivity contribution in [1.29, 1.82) is 0 Å². The third-order valence-corrected chi connectivity index (χ3v) is 6.50. The van der Waals surface area contributed by atoms with Crippen molar-refractivity contribution < 1.29 is 21.6 Å². The quantitative estimate of drug-likeness (QED) is 0.511. The molecule has 164 valence electrons. The molecule has 0 radical (unpaired) electrons. The van der Waals surface area contributed by atoms with Crippen LogP contribution in [0.15, 0.2) is 29.3 Å². The maximum Gasteiger partial charge on any atom is 0.511 e. The van der Waals surface area contributed by atoms with Gasteiger partial charge in [0.25, 0.3) is 0 Å². The highest BCUT2D eigenvalue weighted by Gasteiger charge is 2.50. The minimum absolute atomic E-state index is 0.128. The summed E-state index contributed by atoms with van der Waals surface area (Å²) in [4.78, 5) is 4.54. The van der Waals surface area contributed by atoms with Crippen molar-refractivity contribution in [2.75, 3.05) is 26.2 Å². The van der Waals surface area contributed by atoms with E-state index in [1.165, 1.54) is 11.1 Å². The molecule has 1 saturated heterocycles. The van der Waals surface area contributed by atoms with Gasteiger partial charge in [-0.3, -0.25) is 4.99 Å². The smallest absolute Gasteiger partial charge is 0.357 e. The maximum atomic E-state index is 12.7. The van der Waals surface area contributed by atoms with E-state index in [2.05, 4.69) is 46.8 Å².